The van der Waals surface area contributed by atoms with Crippen LogP contribution in [0.5, 0.6) is 0 Å². The van der Waals surface area contributed by atoms with Gasteiger partial charge in [0.25, 0.3) is 0 Å². The summed E-state index contributed by atoms with van der Waals surface area (Å²) in [6, 6.07) is 12.2. The van der Waals surface area contributed by atoms with Crippen molar-refractivity contribution in [2.24, 2.45) is 5.92 Å². The summed E-state index contributed by atoms with van der Waals surface area (Å²) in [5, 5.41) is 3.47. The Balaban J connectivity index is 1.99. The van der Waals surface area contributed by atoms with Gasteiger partial charge in [0.15, 0.2) is 5.82 Å². The number of nitrogens with zero attached hydrogens (tertiary/aromatic N) is 3. The van der Waals surface area contributed by atoms with E-state index in [1.165, 1.54) is 10.5 Å². The summed E-state index contributed by atoms with van der Waals surface area (Å²) in [6.45, 7) is 8.51. The second kappa shape index (κ2) is 9.28. The minimum absolute atomic E-state index is 0.0277. The van der Waals surface area contributed by atoms with E-state index < -0.39 is 0 Å². The van der Waals surface area contributed by atoms with Crippen molar-refractivity contribution in [1.29, 1.82) is 0 Å². The number of amides is 2. The quantitative estimate of drug-likeness (QED) is 0.643. The molecular weight excluding hydrogens is 376 g/mol. The van der Waals surface area contributed by atoms with E-state index in [4.69, 9.17) is 4.98 Å². The monoisotopic (exact) mass is 408 g/mol. The molecule has 1 aromatic heterocycles. The number of aromatic nitrogens is 1. The molecule has 30 heavy (non-hydrogen) atoms. The van der Waals surface area contributed by atoms with Crippen LogP contribution >= 0.6 is 0 Å². The van der Waals surface area contributed by atoms with Gasteiger partial charge in [0.05, 0.1) is 11.7 Å². The number of benzene rings is 1. The van der Waals surface area contributed by atoms with Crippen LogP contribution in [0.3, 0.4) is 0 Å². The lowest BCUT2D eigenvalue weighted by molar-refractivity contribution is -0.117. The van der Waals surface area contributed by atoms with Crippen molar-refractivity contribution in [2.75, 3.05) is 22.2 Å². The summed E-state index contributed by atoms with van der Waals surface area (Å²) in [6.07, 6.45) is 3.08. The zero-order valence-corrected chi connectivity index (χ0v) is 18.6. The first-order valence-corrected chi connectivity index (χ1v) is 10.7. The van der Waals surface area contributed by atoms with Crippen molar-refractivity contribution in [2.45, 2.75) is 59.0 Å². The Morgan fingerprint density at radius 2 is 1.93 bits per heavy atom. The number of rotatable bonds is 8. The summed E-state index contributed by atoms with van der Waals surface area (Å²) in [5.41, 5.74) is 3.01. The molecule has 1 aliphatic heterocycles. The highest BCUT2D eigenvalue weighted by Gasteiger charge is 2.34. The molecule has 3 rings (SSSR count). The van der Waals surface area contributed by atoms with E-state index >= 15 is 0 Å². The van der Waals surface area contributed by atoms with Crippen molar-refractivity contribution in [3.63, 3.8) is 0 Å². The average molecular weight is 409 g/mol. The van der Waals surface area contributed by atoms with E-state index in [9.17, 15) is 9.59 Å². The van der Waals surface area contributed by atoms with Gasteiger partial charge in [-0.25, -0.2) is 4.98 Å². The van der Waals surface area contributed by atoms with Gasteiger partial charge < -0.3 is 10.2 Å². The first-order chi connectivity index (χ1) is 14.3. The summed E-state index contributed by atoms with van der Waals surface area (Å²) in [5.74, 6) is 1.76. The summed E-state index contributed by atoms with van der Waals surface area (Å²) in [4.78, 5) is 32.3. The Morgan fingerprint density at radius 1 is 1.23 bits per heavy atom. The van der Waals surface area contributed by atoms with Crippen molar-refractivity contribution < 1.29 is 9.59 Å². The predicted octanol–water partition coefficient (Wildman–Crippen LogP) is 4.70. The van der Waals surface area contributed by atoms with E-state index in [0.29, 0.717) is 29.7 Å². The summed E-state index contributed by atoms with van der Waals surface area (Å²) >= 11 is 0. The minimum Gasteiger partial charge on any atom is -0.366 e. The minimum atomic E-state index is -0.0277. The molecule has 2 amide bonds. The molecule has 3 unspecified atom stereocenters. The van der Waals surface area contributed by atoms with Gasteiger partial charge in [-0.3, -0.25) is 14.5 Å². The Bertz CT molecular complexity index is 897. The Labute approximate surface area is 179 Å². The lowest BCUT2D eigenvalue weighted by Gasteiger charge is -2.28. The van der Waals surface area contributed by atoms with Gasteiger partial charge in [0, 0.05) is 19.5 Å². The zero-order valence-electron chi connectivity index (χ0n) is 18.6. The Morgan fingerprint density at radius 3 is 2.57 bits per heavy atom. The maximum atomic E-state index is 12.8. The fraction of sp³-hybridized carbons (Fsp3) is 0.458. The van der Waals surface area contributed by atoms with Gasteiger partial charge in [0.2, 0.25) is 12.3 Å². The van der Waals surface area contributed by atoms with Gasteiger partial charge in [-0.1, -0.05) is 50.1 Å². The molecule has 1 N–H and O–H groups in total. The van der Waals surface area contributed by atoms with Crippen LogP contribution in [0.1, 0.15) is 57.2 Å². The van der Waals surface area contributed by atoms with Crippen LogP contribution in [0.2, 0.25) is 0 Å². The van der Waals surface area contributed by atoms with Gasteiger partial charge >= 0.3 is 0 Å². The van der Waals surface area contributed by atoms with Gasteiger partial charge in [-0.2, -0.15) is 0 Å². The van der Waals surface area contributed by atoms with E-state index in [1.807, 2.05) is 12.1 Å². The number of aryl methyl sites for hydroxylation is 1. The molecule has 1 aliphatic rings. The largest absolute Gasteiger partial charge is 0.366 e. The van der Waals surface area contributed by atoms with Gasteiger partial charge in [0.1, 0.15) is 5.82 Å². The molecule has 2 heterocycles. The molecule has 0 radical (unpaired) electrons. The molecule has 0 saturated carbocycles. The van der Waals surface area contributed by atoms with Crippen molar-refractivity contribution in [3.8, 4) is 0 Å². The molecule has 1 saturated heterocycles. The fourth-order valence-corrected chi connectivity index (χ4v) is 3.81. The van der Waals surface area contributed by atoms with Crippen LogP contribution in [0.4, 0.5) is 17.3 Å². The van der Waals surface area contributed by atoms with Crippen LogP contribution in [0.25, 0.3) is 0 Å². The number of pyridine rings is 1. The molecule has 6 heteroatoms. The lowest BCUT2D eigenvalue weighted by atomic mass is 10.0. The average Bonchev–Trinajstić information content (AvgIpc) is 3.14. The van der Waals surface area contributed by atoms with Crippen molar-refractivity contribution in [3.05, 3.63) is 47.5 Å². The summed E-state index contributed by atoms with van der Waals surface area (Å²) < 4.78 is 0. The Kier molecular flexibility index (Phi) is 6.75. The molecule has 1 fully saturated rings. The van der Waals surface area contributed by atoms with E-state index in [1.54, 1.807) is 11.9 Å². The fourth-order valence-electron chi connectivity index (χ4n) is 3.81. The standard InChI is InChI=1S/C24H32N4O2/c1-6-17(3)18(4)25-24-21(27(5)15-29)11-13-22(26-24)28-20(12-14-23(28)30)19-9-7-16(2)8-10-19/h7-11,13,15,17-18,20H,6,12,14H2,1-5H3,(H,25,26). The van der Waals surface area contributed by atoms with Gasteiger partial charge in [-0.05, 0) is 43.9 Å². The normalized spacial score (nSPS) is 18.2. The van der Waals surface area contributed by atoms with Crippen LogP contribution in [-0.4, -0.2) is 30.4 Å². The highest BCUT2D eigenvalue weighted by molar-refractivity contribution is 5.96. The second-order valence-electron chi connectivity index (χ2n) is 8.30. The number of hydrogen-bond acceptors (Lipinski definition) is 4. The van der Waals surface area contributed by atoms with Crippen LogP contribution in [0, 0.1) is 12.8 Å². The molecule has 0 aliphatic carbocycles. The third-order valence-electron chi connectivity index (χ3n) is 6.18. The molecule has 2 aromatic rings. The molecule has 0 spiro atoms. The number of anilines is 3. The van der Waals surface area contributed by atoms with Crippen LogP contribution < -0.4 is 15.1 Å². The third kappa shape index (κ3) is 4.48. The zero-order chi connectivity index (χ0) is 21.8. The molecular formula is C24H32N4O2. The molecule has 1 aromatic carbocycles. The number of carbonyl (C=O) groups is 2. The third-order valence-corrected chi connectivity index (χ3v) is 6.18. The predicted molar refractivity (Wildman–Crippen MR) is 122 cm³/mol. The smallest absolute Gasteiger partial charge is 0.228 e. The number of hydrogen-bond donors (Lipinski definition) is 1. The highest BCUT2D eigenvalue weighted by atomic mass is 16.2. The second-order valence-corrected chi connectivity index (χ2v) is 8.30. The van der Waals surface area contributed by atoms with E-state index in [0.717, 1.165) is 24.8 Å². The molecule has 160 valence electrons. The lowest BCUT2D eigenvalue weighted by Crippen LogP contribution is -2.30. The van der Waals surface area contributed by atoms with Crippen molar-refractivity contribution >= 4 is 29.6 Å². The topological polar surface area (TPSA) is 65.5 Å². The van der Waals surface area contributed by atoms with Crippen molar-refractivity contribution in [1.82, 2.24) is 4.98 Å². The maximum absolute atomic E-state index is 12.8. The summed E-state index contributed by atoms with van der Waals surface area (Å²) in [7, 11) is 1.71. The molecule has 6 nitrogen and oxygen atoms in total. The SMILES string of the molecule is CCC(C)C(C)Nc1nc(N2C(=O)CCC2c2ccc(C)cc2)ccc1N(C)C=O. The first kappa shape index (κ1) is 21.8. The van der Waals surface area contributed by atoms with Gasteiger partial charge in [-0.15, -0.1) is 0 Å². The number of nitrogens with one attached hydrogen (secondary N) is 1. The maximum Gasteiger partial charge on any atom is 0.228 e. The van der Waals surface area contributed by atoms with E-state index in [2.05, 4.69) is 57.3 Å². The van der Waals surface area contributed by atoms with Crippen LogP contribution in [0.15, 0.2) is 36.4 Å². The Hall–Kier alpha value is -2.89. The number of carbonyl (C=O) groups excluding carboxylic acids is 2. The molecule has 0 bridgehead atoms. The van der Waals surface area contributed by atoms with E-state index in [-0.39, 0.29) is 18.0 Å². The van der Waals surface area contributed by atoms with Crippen LogP contribution in [-0.2, 0) is 9.59 Å². The highest BCUT2D eigenvalue weighted by Crippen LogP contribution is 2.38. The molecule has 3 atom stereocenters. The first-order valence-electron chi connectivity index (χ1n) is 10.7.